The summed E-state index contributed by atoms with van der Waals surface area (Å²) >= 11 is 0. The summed E-state index contributed by atoms with van der Waals surface area (Å²) in [7, 11) is 1.79. The molecule has 1 atom stereocenters. The van der Waals surface area contributed by atoms with Gasteiger partial charge in [-0.05, 0) is 63.7 Å². The Morgan fingerprint density at radius 2 is 1.76 bits per heavy atom. The van der Waals surface area contributed by atoms with Gasteiger partial charge in [-0.1, -0.05) is 13.8 Å². The summed E-state index contributed by atoms with van der Waals surface area (Å²) in [5.74, 6) is 1.94. The van der Waals surface area contributed by atoms with Crippen LogP contribution in [0.25, 0.3) is 0 Å². The fourth-order valence-corrected chi connectivity index (χ4v) is 4.41. The van der Waals surface area contributed by atoms with Crippen LogP contribution in [-0.2, 0) is 0 Å². The molecule has 2 fully saturated rings. The van der Waals surface area contributed by atoms with Crippen LogP contribution in [0.1, 0.15) is 39.5 Å². The van der Waals surface area contributed by atoms with Crippen molar-refractivity contribution >= 4 is 29.9 Å². The highest BCUT2D eigenvalue weighted by Crippen LogP contribution is 2.22. The first-order chi connectivity index (χ1) is 13.3. The van der Waals surface area contributed by atoms with Crippen molar-refractivity contribution in [3.63, 3.8) is 0 Å². The fraction of sp³-hybridized carbons (Fsp3) is 0.950. The molecule has 1 unspecified atom stereocenters. The maximum atomic E-state index is 12.7. The molecule has 0 aromatic heterocycles. The quantitative estimate of drug-likeness (QED) is 0.294. The molecule has 0 saturated carbocycles. The van der Waals surface area contributed by atoms with Gasteiger partial charge in [0, 0.05) is 33.2 Å². The first kappa shape index (κ1) is 26.7. The van der Waals surface area contributed by atoms with E-state index in [1.165, 1.54) is 30.8 Å². The molecule has 0 bridgehead atoms. The van der Waals surface area contributed by atoms with E-state index in [0.29, 0.717) is 13.1 Å². The molecule has 2 heterocycles. The molecule has 0 amide bonds. The van der Waals surface area contributed by atoms with Gasteiger partial charge >= 0.3 is 6.18 Å². The minimum Gasteiger partial charge on any atom is -0.356 e. The largest absolute Gasteiger partial charge is 0.401 e. The van der Waals surface area contributed by atoms with Gasteiger partial charge in [-0.25, -0.2) is 0 Å². The molecule has 2 aliphatic rings. The molecular weight excluding hydrogens is 494 g/mol. The van der Waals surface area contributed by atoms with Gasteiger partial charge in [-0.15, -0.1) is 24.0 Å². The number of halogens is 4. The molecule has 29 heavy (non-hydrogen) atoms. The summed E-state index contributed by atoms with van der Waals surface area (Å²) in [6.45, 7) is 10.2. The van der Waals surface area contributed by atoms with Gasteiger partial charge in [0.1, 0.15) is 0 Å². The molecule has 1 N–H and O–H groups in total. The molecular formula is C20H39F3IN5. The predicted molar refractivity (Wildman–Crippen MR) is 124 cm³/mol. The smallest absolute Gasteiger partial charge is 0.356 e. The molecule has 2 saturated heterocycles. The van der Waals surface area contributed by atoms with Crippen LogP contribution in [0.2, 0.25) is 0 Å². The average Bonchev–Trinajstić information content (AvgIpc) is 3.12. The highest BCUT2D eigenvalue weighted by Gasteiger charge is 2.33. The SMILES string of the molecule is CCN1CCC(CCNC(=NC)N2CCC(CN(CC)CC(F)(F)F)C2)CC1.I. The van der Waals surface area contributed by atoms with Gasteiger partial charge in [0.25, 0.3) is 0 Å². The van der Waals surface area contributed by atoms with Crippen LogP contribution >= 0.6 is 24.0 Å². The lowest BCUT2D eigenvalue weighted by Gasteiger charge is -2.31. The van der Waals surface area contributed by atoms with Crippen LogP contribution in [0.15, 0.2) is 4.99 Å². The lowest BCUT2D eigenvalue weighted by atomic mass is 9.93. The summed E-state index contributed by atoms with van der Waals surface area (Å²) in [5, 5.41) is 3.48. The summed E-state index contributed by atoms with van der Waals surface area (Å²) in [5.41, 5.74) is 0. The van der Waals surface area contributed by atoms with E-state index < -0.39 is 12.7 Å². The Labute approximate surface area is 191 Å². The minimum atomic E-state index is -4.13. The van der Waals surface area contributed by atoms with Crippen molar-refractivity contribution in [3.05, 3.63) is 0 Å². The fourth-order valence-electron chi connectivity index (χ4n) is 4.41. The van der Waals surface area contributed by atoms with E-state index in [9.17, 15) is 13.2 Å². The van der Waals surface area contributed by atoms with E-state index in [2.05, 4.69) is 27.0 Å². The van der Waals surface area contributed by atoms with Gasteiger partial charge in [-0.2, -0.15) is 13.2 Å². The molecule has 0 radical (unpaired) electrons. The molecule has 9 heteroatoms. The van der Waals surface area contributed by atoms with Crippen LogP contribution < -0.4 is 5.32 Å². The average molecular weight is 533 g/mol. The Kier molecular flexibility index (Phi) is 12.2. The number of hydrogen-bond donors (Lipinski definition) is 1. The van der Waals surface area contributed by atoms with Crippen molar-refractivity contribution in [3.8, 4) is 0 Å². The van der Waals surface area contributed by atoms with Crippen molar-refractivity contribution in [2.24, 2.45) is 16.8 Å². The Hall–Kier alpha value is -0.290. The number of guanidine groups is 1. The zero-order chi connectivity index (χ0) is 20.6. The second kappa shape index (κ2) is 13.2. The second-order valence-electron chi connectivity index (χ2n) is 8.18. The summed E-state index contributed by atoms with van der Waals surface area (Å²) in [4.78, 5) is 10.6. The second-order valence-corrected chi connectivity index (χ2v) is 8.18. The van der Waals surface area contributed by atoms with E-state index in [-0.39, 0.29) is 29.9 Å². The van der Waals surface area contributed by atoms with Crippen molar-refractivity contribution < 1.29 is 13.2 Å². The molecule has 2 aliphatic heterocycles. The predicted octanol–water partition coefficient (Wildman–Crippen LogP) is 3.51. The summed E-state index contributed by atoms with van der Waals surface area (Å²) in [6, 6.07) is 0. The number of aliphatic imine (C=N–C) groups is 1. The van der Waals surface area contributed by atoms with Crippen LogP contribution in [0.4, 0.5) is 13.2 Å². The zero-order valence-electron chi connectivity index (χ0n) is 18.2. The van der Waals surface area contributed by atoms with Crippen molar-refractivity contribution in [2.75, 3.05) is 66.0 Å². The van der Waals surface area contributed by atoms with Crippen LogP contribution in [0.3, 0.4) is 0 Å². The Balaban J connectivity index is 0.00000420. The molecule has 0 aromatic rings. The minimum absolute atomic E-state index is 0. The first-order valence-corrected chi connectivity index (χ1v) is 10.8. The zero-order valence-corrected chi connectivity index (χ0v) is 20.5. The van der Waals surface area contributed by atoms with Gasteiger partial charge in [0.2, 0.25) is 0 Å². The van der Waals surface area contributed by atoms with Gasteiger partial charge in [0.05, 0.1) is 6.54 Å². The third-order valence-electron chi connectivity index (χ3n) is 6.15. The molecule has 0 spiro atoms. The monoisotopic (exact) mass is 533 g/mol. The third-order valence-corrected chi connectivity index (χ3v) is 6.15. The van der Waals surface area contributed by atoms with E-state index >= 15 is 0 Å². The van der Waals surface area contributed by atoms with E-state index in [1.807, 2.05) is 0 Å². The summed E-state index contributed by atoms with van der Waals surface area (Å²) < 4.78 is 38.0. The topological polar surface area (TPSA) is 34.1 Å². The van der Waals surface area contributed by atoms with Crippen LogP contribution in [0, 0.1) is 11.8 Å². The Morgan fingerprint density at radius 1 is 1.10 bits per heavy atom. The lowest BCUT2D eigenvalue weighted by Crippen LogP contribution is -2.42. The molecule has 0 aliphatic carbocycles. The number of nitrogens with zero attached hydrogens (tertiary/aromatic N) is 4. The van der Waals surface area contributed by atoms with E-state index in [4.69, 9.17) is 0 Å². The van der Waals surface area contributed by atoms with Crippen molar-refractivity contribution in [1.82, 2.24) is 20.0 Å². The highest BCUT2D eigenvalue weighted by atomic mass is 127. The molecule has 0 aromatic carbocycles. The third kappa shape index (κ3) is 9.59. The normalized spacial score (nSPS) is 22.2. The number of nitrogens with one attached hydrogen (secondary N) is 1. The number of likely N-dealkylation sites (tertiary alicyclic amines) is 2. The van der Waals surface area contributed by atoms with Gasteiger partial charge in [-0.3, -0.25) is 9.89 Å². The van der Waals surface area contributed by atoms with Crippen LogP contribution in [0.5, 0.6) is 0 Å². The maximum Gasteiger partial charge on any atom is 0.401 e. The lowest BCUT2D eigenvalue weighted by molar-refractivity contribution is -0.146. The number of hydrogen-bond acceptors (Lipinski definition) is 3. The number of piperidine rings is 1. The maximum absolute atomic E-state index is 12.7. The standard InChI is InChI=1S/C20H38F3N5.HI/c1-4-26-11-7-17(8-12-26)6-10-25-19(24-3)28-13-9-18(15-28)14-27(5-2)16-20(21,22)23;/h17-18H,4-16H2,1-3H3,(H,24,25);1H. The van der Waals surface area contributed by atoms with Crippen molar-refractivity contribution in [1.29, 1.82) is 0 Å². The van der Waals surface area contributed by atoms with Gasteiger partial charge < -0.3 is 15.1 Å². The van der Waals surface area contributed by atoms with E-state index in [1.54, 1.807) is 14.0 Å². The van der Waals surface area contributed by atoms with E-state index in [0.717, 1.165) is 50.9 Å². The van der Waals surface area contributed by atoms with Crippen molar-refractivity contribution in [2.45, 2.75) is 45.7 Å². The Morgan fingerprint density at radius 3 is 2.31 bits per heavy atom. The first-order valence-electron chi connectivity index (χ1n) is 10.8. The molecule has 172 valence electrons. The summed E-state index contributed by atoms with van der Waals surface area (Å²) in [6.07, 6.45) is 0.491. The number of alkyl halides is 3. The molecule has 5 nitrogen and oxygen atoms in total. The Bertz CT molecular complexity index is 481. The highest BCUT2D eigenvalue weighted by molar-refractivity contribution is 14.0. The molecule has 2 rings (SSSR count). The van der Waals surface area contributed by atoms with Gasteiger partial charge in [0.15, 0.2) is 5.96 Å². The van der Waals surface area contributed by atoms with Crippen LogP contribution in [-0.4, -0.2) is 92.8 Å². The number of rotatable bonds is 8.